The SMILES string of the molecule is Cc1c(F)cccc1NC(=S)Nc1ccc(OCc2ccccc2)cc1. The van der Waals surface area contributed by atoms with Crippen LogP contribution in [0.4, 0.5) is 15.8 Å². The van der Waals surface area contributed by atoms with Crippen LogP contribution in [0, 0.1) is 12.7 Å². The summed E-state index contributed by atoms with van der Waals surface area (Å²) in [7, 11) is 0. The van der Waals surface area contributed by atoms with Gasteiger partial charge >= 0.3 is 0 Å². The van der Waals surface area contributed by atoms with Gasteiger partial charge in [-0.25, -0.2) is 4.39 Å². The highest BCUT2D eigenvalue weighted by molar-refractivity contribution is 7.80. The Morgan fingerprint density at radius 3 is 2.38 bits per heavy atom. The quantitative estimate of drug-likeness (QED) is 0.582. The second-order valence-corrected chi connectivity index (χ2v) is 6.20. The fraction of sp³-hybridized carbons (Fsp3) is 0.0952. The van der Waals surface area contributed by atoms with Crippen molar-refractivity contribution in [3.05, 3.63) is 89.7 Å². The van der Waals surface area contributed by atoms with Gasteiger partial charge in [-0.3, -0.25) is 0 Å². The third-order valence-electron chi connectivity index (χ3n) is 3.88. The Hall–Kier alpha value is -2.92. The third kappa shape index (κ3) is 4.80. The highest BCUT2D eigenvalue weighted by Crippen LogP contribution is 2.19. The number of nitrogens with one attached hydrogen (secondary N) is 2. The van der Waals surface area contributed by atoms with Gasteiger partial charge in [-0.2, -0.15) is 0 Å². The molecular weight excluding hydrogens is 347 g/mol. The van der Waals surface area contributed by atoms with Crippen molar-refractivity contribution in [2.75, 3.05) is 10.6 Å². The number of ether oxygens (including phenoxy) is 1. The highest BCUT2D eigenvalue weighted by Gasteiger charge is 2.05. The number of hydrogen-bond acceptors (Lipinski definition) is 2. The van der Waals surface area contributed by atoms with Gasteiger partial charge in [-0.15, -0.1) is 0 Å². The van der Waals surface area contributed by atoms with Gasteiger partial charge in [0.25, 0.3) is 0 Å². The van der Waals surface area contributed by atoms with E-state index >= 15 is 0 Å². The molecule has 0 unspecified atom stereocenters. The first-order valence-electron chi connectivity index (χ1n) is 8.22. The molecule has 0 fully saturated rings. The molecule has 0 saturated carbocycles. The molecule has 0 radical (unpaired) electrons. The van der Waals surface area contributed by atoms with E-state index in [4.69, 9.17) is 17.0 Å². The summed E-state index contributed by atoms with van der Waals surface area (Å²) in [5.41, 5.74) is 3.11. The Bertz CT molecular complexity index is 882. The van der Waals surface area contributed by atoms with E-state index in [1.807, 2.05) is 54.6 Å². The number of anilines is 2. The molecule has 26 heavy (non-hydrogen) atoms. The minimum absolute atomic E-state index is 0.266. The number of rotatable bonds is 5. The van der Waals surface area contributed by atoms with Crippen molar-refractivity contribution in [1.29, 1.82) is 0 Å². The Balaban J connectivity index is 1.55. The Morgan fingerprint density at radius 2 is 1.65 bits per heavy atom. The molecule has 0 saturated heterocycles. The van der Waals surface area contributed by atoms with Crippen molar-refractivity contribution in [3.63, 3.8) is 0 Å². The maximum absolute atomic E-state index is 13.6. The van der Waals surface area contributed by atoms with E-state index in [0.717, 1.165) is 17.0 Å². The predicted molar refractivity (Wildman–Crippen MR) is 108 cm³/mol. The standard InChI is InChI=1S/C21H19FN2OS/c1-15-19(22)8-5-9-20(15)24-21(26)23-17-10-12-18(13-11-17)25-14-16-6-3-2-4-7-16/h2-13H,14H2,1H3,(H2,23,24,26). The predicted octanol–water partition coefficient (Wildman–Crippen LogP) is 5.52. The summed E-state index contributed by atoms with van der Waals surface area (Å²) >= 11 is 5.29. The molecule has 0 amide bonds. The van der Waals surface area contributed by atoms with Crippen molar-refractivity contribution in [1.82, 2.24) is 0 Å². The van der Waals surface area contributed by atoms with Crippen molar-refractivity contribution < 1.29 is 9.13 Å². The van der Waals surface area contributed by atoms with Crippen LogP contribution in [0.5, 0.6) is 5.75 Å². The van der Waals surface area contributed by atoms with Crippen LogP contribution in [-0.2, 0) is 6.61 Å². The molecule has 3 nitrogen and oxygen atoms in total. The van der Waals surface area contributed by atoms with Crippen molar-refractivity contribution >= 4 is 28.7 Å². The van der Waals surface area contributed by atoms with Crippen LogP contribution >= 0.6 is 12.2 Å². The van der Waals surface area contributed by atoms with Crippen LogP contribution in [0.15, 0.2) is 72.8 Å². The topological polar surface area (TPSA) is 33.3 Å². The fourth-order valence-electron chi connectivity index (χ4n) is 2.40. The fourth-order valence-corrected chi connectivity index (χ4v) is 2.63. The van der Waals surface area contributed by atoms with Gasteiger partial charge in [0.15, 0.2) is 5.11 Å². The van der Waals surface area contributed by atoms with Crippen molar-refractivity contribution in [2.24, 2.45) is 0 Å². The number of benzene rings is 3. The van der Waals surface area contributed by atoms with Gasteiger partial charge < -0.3 is 15.4 Å². The Labute approximate surface area is 157 Å². The summed E-state index contributed by atoms with van der Waals surface area (Å²) < 4.78 is 19.3. The van der Waals surface area contributed by atoms with Crippen LogP contribution in [0.2, 0.25) is 0 Å². The van der Waals surface area contributed by atoms with Gasteiger partial charge in [-0.05, 0) is 61.1 Å². The summed E-state index contributed by atoms with van der Waals surface area (Å²) in [5, 5.41) is 6.49. The van der Waals surface area contributed by atoms with E-state index < -0.39 is 0 Å². The first-order valence-corrected chi connectivity index (χ1v) is 8.62. The van der Waals surface area contributed by atoms with E-state index in [-0.39, 0.29) is 5.82 Å². The molecule has 0 aromatic heterocycles. The summed E-state index contributed by atoms with van der Waals surface area (Å²) in [4.78, 5) is 0. The number of hydrogen-bond donors (Lipinski definition) is 2. The Kier molecular flexibility index (Phi) is 5.81. The lowest BCUT2D eigenvalue weighted by molar-refractivity contribution is 0.306. The molecule has 2 N–H and O–H groups in total. The zero-order valence-electron chi connectivity index (χ0n) is 14.3. The third-order valence-corrected chi connectivity index (χ3v) is 4.08. The smallest absolute Gasteiger partial charge is 0.175 e. The zero-order chi connectivity index (χ0) is 18.4. The van der Waals surface area contributed by atoms with E-state index in [9.17, 15) is 4.39 Å². The van der Waals surface area contributed by atoms with Crippen LogP contribution in [0.3, 0.4) is 0 Å². The number of thiocarbonyl (C=S) groups is 1. The van der Waals surface area contributed by atoms with E-state index in [2.05, 4.69) is 10.6 Å². The second-order valence-electron chi connectivity index (χ2n) is 5.79. The minimum Gasteiger partial charge on any atom is -0.489 e. The first kappa shape index (κ1) is 17.9. The lowest BCUT2D eigenvalue weighted by atomic mass is 10.2. The molecule has 0 atom stereocenters. The van der Waals surface area contributed by atoms with Crippen LogP contribution in [0.1, 0.15) is 11.1 Å². The van der Waals surface area contributed by atoms with Crippen LogP contribution in [0.25, 0.3) is 0 Å². The maximum atomic E-state index is 13.6. The molecule has 0 bridgehead atoms. The molecule has 0 heterocycles. The van der Waals surface area contributed by atoms with E-state index in [1.54, 1.807) is 19.1 Å². The lowest BCUT2D eigenvalue weighted by Crippen LogP contribution is -2.19. The first-order chi connectivity index (χ1) is 12.6. The minimum atomic E-state index is -0.266. The average Bonchev–Trinajstić information content (AvgIpc) is 2.66. The highest BCUT2D eigenvalue weighted by atomic mass is 32.1. The van der Waals surface area contributed by atoms with E-state index in [1.165, 1.54) is 6.07 Å². The summed E-state index contributed by atoms with van der Waals surface area (Å²) in [6.07, 6.45) is 0. The second kappa shape index (κ2) is 8.45. The largest absolute Gasteiger partial charge is 0.489 e. The molecule has 3 rings (SSSR count). The molecule has 0 aliphatic rings. The van der Waals surface area contributed by atoms with Gasteiger partial charge in [0.1, 0.15) is 18.2 Å². The lowest BCUT2D eigenvalue weighted by Gasteiger charge is -2.13. The average molecular weight is 366 g/mol. The van der Waals surface area contributed by atoms with Crippen LogP contribution < -0.4 is 15.4 Å². The molecule has 132 valence electrons. The van der Waals surface area contributed by atoms with Gasteiger partial charge in [0.2, 0.25) is 0 Å². The Morgan fingerprint density at radius 1 is 0.923 bits per heavy atom. The monoisotopic (exact) mass is 366 g/mol. The summed E-state index contributed by atoms with van der Waals surface area (Å²) in [6.45, 7) is 2.23. The molecule has 0 aliphatic heterocycles. The van der Waals surface area contributed by atoms with Crippen molar-refractivity contribution in [3.8, 4) is 5.75 Å². The molecule has 3 aromatic carbocycles. The van der Waals surface area contributed by atoms with E-state index in [0.29, 0.717) is 23.0 Å². The van der Waals surface area contributed by atoms with Crippen LogP contribution in [-0.4, -0.2) is 5.11 Å². The zero-order valence-corrected chi connectivity index (χ0v) is 15.1. The van der Waals surface area contributed by atoms with Crippen molar-refractivity contribution in [2.45, 2.75) is 13.5 Å². The molecule has 5 heteroatoms. The molecular formula is C21H19FN2OS. The summed E-state index contributed by atoms with van der Waals surface area (Å²) in [6, 6.07) is 22.4. The maximum Gasteiger partial charge on any atom is 0.175 e. The van der Waals surface area contributed by atoms with Gasteiger partial charge in [0, 0.05) is 16.9 Å². The molecule has 0 spiro atoms. The summed E-state index contributed by atoms with van der Waals surface area (Å²) in [5.74, 6) is 0.511. The van der Waals surface area contributed by atoms with Gasteiger partial charge in [0.05, 0.1) is 0 Å². The van der Waals surface area contributed by atoms with Gasteiger partial charge in [-0.1, -0.05) is 36.4 Å². The number of halogens is 1. The molecule has 3 aromatic rings. The normalized spacial score (nSPS) is 10.2. The molecule has 0 aliphatic carbocycles.